The summed E-state index contributed by atoms with van der Waals surface area (Å²) in [5.41, 5.74) is 13.5. The molecule has 0 aliphatic carbocycles. The maximum Gasteiger partial charge on any atom is 0.280 e. The van der Waals surface area contributed by atoms with Crippen molar-refractivity contribution in [1.82, 2.24) is 0 Å². The van der Waals surface area contributed by atoms with E-state index in [1.54, 1.807) is 0 Å². The summed E-state index contributed by atoms with van der Waals surface area (Å²) >= 11 is 1.82. The molecule has 1 amide bonds. The molecular formula is C14H19N3OS. The highest BCUT2D eigenvalue weighted by Gasteiger charge is 2.20. The minimum absolute atomic E-state index is 0.189. The van der Waals surface area contributed by atoms with E-state index in [1.807, 2.05) is 24.8 Å². The molecule has 0 aromatic heterocycles. The van der Waals surface area contributed by atoms with Gasteiger partial charge in [-0.1, -0.05) is 19.9 Å². The number of rotatable bonds is 2. The molecule has 1 heterocycles. The summed E-state index contributed by atoms with van der Waals surface area (Å²) in [5.74, 6) is -0.538. The number of fused-ring (bicyclic) bond motifs is 1. The van der Waals surface area contributed by atoms with E-state index in [2.05, 4.69) is 18.0 Å². The molecule has 1 unspecified atom stereocenters. The Balaban J connectivity index is 2.45. The van der Waals surface area contributed by atoms with Crippen molar-refractivity contribution in [3.63, 3.8) is 0 Å². The fourth-order valence-corrected chi connectivity index (χ4v) is 3.45. The molecule has 1 aromatic rings. The number of aryl methyl sites for hydroxylation is 2. The first-order valence-corrected chi connectivity index (χ1v) is 7.35. The first kappa shape index (κ1) is 13.9. The smallest absolute Gasteiger partial charge is 0.280 e. The zero-order valence-corrected chi connectivity index (χ0v) is 12.1. The highest BCUT2D eigenvalue weighted by molar-refractivity contribution is 8.00. The topological polar surface area (TPSA) is 81.5 Å². The third-order valence-electron chi connectivity index (χ3n) is 3.28. The average Bonchev–Trinajstić information content (AvgIpc) is 2.36. The molecule has 19 heavy (non-hydrogen) atoms. The van der Waals surface area contributed by atoms with Crippen LogP contribution in [0.15, 0.2) is 22.0 Å². The van der Waals surface area contributed by atoms with Gasteiger partial charge in [-0.3, -0.25) is 4.79 Å². The van der Waals surface area contributed by atoms with Crippen LogP contribution in [0.5, 0.6) is 0 Å². The van der Waals surface area contributed by atoms with Crippen LogP contribution in [0.2, 0.25) is 0 Å². The lowest BCUT2D eigenvalue weighted by Crippen LogP contribution is -2.24. The van der Waals surface area contributed by atoms with E-state index in [-0.39, 0.29) is 11.9 Å². The Morgan fingerprint density at radius 2 is 2.21 bits per heavy atom. The quantitative estimate of drug-likeness (QED) is 0.640. The maximum absolute atomic E-state index is 12.0. The second-order valence-electron chi connectivity index (χ2n) is 4.78. The molecule has 0 saturated carbocycles. The van der Waals surface area contributed by atoms with Gasteiger partial charge in [-0.25, -0.2) is 0 Å². The standard InChI is InChI=1S/C14H19N3OS/c1-3-9-6-10-5-4-8(2)19-12(10)7-11(9)13(18)17-14(15)16/h6-8H,3-5H2,1-2H3,(H4,15,16,17,18). The molecule has 0 radical (unpaired) electrons. The summed E-state index contributed by atoms with van der Waals surface area (Å²) in [6.07, 6.45) is 3.06. The number of hydrogen-bond donors (Lipinski definition) is 2. The van der Waals surface area contributed by atoms with E-state index in [0.29, 0.717) is 10.8 Å². The molecule has 0 saturated heterocycles. The van der Waals surface area contributed by atoms with Gasteiger partial charge < -0.3 is 11.5 Å². The number of aliphatic imine (C=N–C) groups is 1. The van der Waals surface area contributed by atoms with Crippen LogP contribution in [0.1, 0.15) is 41.8 Å². The van der Waals surface area contributed by atoms with Gasteiger partial charge in [0.2, 0.25) is 0 Å². The SMILES string of the molecule is CCc1cc2c(cc1C(=O)N=C(N)N)SC(C)CC2. The van der Waals surface area contributed by atoms with Crippen LogP contribution in [0.4, 0.5) is 0 Å². The number of benzene rings is 1. The first-order valence-electron chi connectivity index (χ1n) is 6.47. The van der Waals surface area contributed by atoms with Crippen LogP contribution in [0.25, 0.3) is 0 Å². The summed E-state index contributed by atoms with van der Waals surface area (Å²) in [7, 11) is 0. The molecule has 0 spiro atoms. The number of amides is 1. The van der Waals surface area contributed by atoms with Crippen molar-refractivity contribution < 1.29 is 4.79 Å². The van der Waals surface area contributed by atoms with E-state index in [1.165, 1.54) is 16.9 Å². The van der Waals surface area contributed by atoms with Gasteiger partial charge in [0.05, 0.1) is 0 Å². The molecule has 1 aliphatic heterocycles. The highest BCUT2D eigenvalue weighted by atomic mass is 32.2. The predicted molar refractivity (Wildman–Crippen MR) is 79.6 cm³/mol. The molecule has 2 rings (SSSR count). The van der Waals surface area contributed by atoms with E-state index >= 15 is 0 Å². The van der Waals surface area contributed by atoms with Gasteiger partial charge in [-0.05, 0) is 36.5 Å². The Morgan fingerprint density at radius 3 is 2.84 bits per heavy atom. The number of hydrogen-bond acceptors (Lipinski definition) is 2. The van der Waals surface area contributed by atoms with Gasteiger partial charge in [0.25, 0.3) is 5.91 Å². The van der Waals surface area contributed by atoms with Crippen molar-refractivity contribution in [2.24, 2.45) is 16.5 Å². The van der Waals surface area contributed by atoms with Gasteiger partial charge in [0, 0.05) is 15.7 Å². The van der Waals surface area contributed by atoms with Gasteiger partial charge in [-0.2, -0.15) is 4.99 Å². The van der Waals surface area contributed by atoms with E-state index in [4.69, 9.17) is 11.5 Å². The average molecular weight is 277 g/mol. The summed E-state index contributed by atoms with van der Waals surface area (Å²) < 4.78 is 0. The molecule has 102 valence electrons. The second kappa shape index (κ2) is 5.65. The Labute approximate surface area is 117 Å². The van der Waals surface area contributed by atoms with Crippen LogP contribution in [-0.4, -0.2) is 17.1 Å². The van der Waals surface area contributed by atoms with Crippen molar-refractivity contribution in [3.8, 4) is 0 Å². The van der Waals surface area contributed by atoms with Gasteiger partial charge in [0.15, 0.2) is 5.96 Å². The largest absolute Gasteiger partial charge is 0.370 e. The first-order chi connectivity index (χ1) is 9.01. The van der Waals surface area contributed by atoms with Crippen molar-refractivity contribution in [2.45, 2.75) is 43.3 Å². The molecular weight excluding hydrogens is 258 g/mol. The van der Waals surface area contributed by atoms with Gasteiger partial charge >= 0.3 is 0 Å². The molecule has 1 aromatic carbocycles. The number of carbonyl (C=O) groups is 1. The Morgan fingerprint density at radius 1 is 1.47 bits per heavy atom. The Kier molecular flexibility index (Phi) is 4.14. The van der Waals surface area contributed by atoms with Crippen molar-refractivity contribution in [1.29, 1.82) is 0 Å². The molecule has 1 aliphatic rings. The van der Waals surface area contributed by atoms with Crippen LogP contribution in [0, 0.1) is 0 Å². The zero-order valence-electron chi connectivity index (χ0n) is 11.3. The molecule has 0 fully saturated rings. The summed E-state index contributed by atoms with van der Waals surface area (Å²) in [5, 5.41) is 0.589. The fourth-order valence-electron chi connectivity index (χ4n) is 2.28. The third-order valence-corrected chi connectivity index (χ3v) is 4.55. The summed E-state index contributed by atoms with van der Waals surface area (Å²) in [6, 6.07) is 4.08. The van der Waals surface area contributed by atoms with Crippen LogP contribution in [0.3, 0.4) is 0 Å². The zero-order chi connectivity index (χ0) is 14.0. The van der Waals surface area contributed by atoms with Crippen molar-refractivity contribution in [3.05, 3.63) is 28.8 Å². The van der Waals surface area contributed by atoms with Gasteiger partial charge in [-0.15, -0.1) is 11.8 Å². The van der Waals surface area contributed by atoms with E-state index in [9.17, 15) is 4.79 Å². The number of nitrogens with two attached hydrogens (primary N) is 2. The lowest BCUT2D eigenvalue weighted by molar-refractivity contribution is 0.100. The van der Waals surface area contributed by atoms with Crippen LogP contribution < -0.4 is 11.5 Å². The minimum Gasteiger partial charge on any atom is -0.370 e. The lowest BCUT2D eigenvalue weighted by atomic mass is 9.98. The van der Waals surface area contributed by atoms with E-state index < -0.39 is 0 Å². The molecule has 1 atom stereocenters. The van der Waals surface area contributed by atoms with E-state index in [0.717, 1.165) is 18.4 Å². The normalized spacial score (nSPS) is 17.7. The number of carbonyl (C=O) groups excluding carboxylic acids is 1. The maximum atomic E-state index is 12.0. The number of guanidine groups is 1. The monoisotopic (exact) mass is 277 g/mol. The highest BCUT2D eigenvalue weighted by Crippen LogP contribution is 2.37. The van der Waals surface area contributed by atoms with Crippen molar-refractivity contribution >= 4 is 23.6 Å². The predicted octanol–water partition coefficient (Wildman–Crippen LogP) is 2.09. The summed E-state index contributed by atoms with van der Waals surface area (Å²) in [4.78, 5) is 16.9. The Bertz CT molecular complexity index is 536. The van der Waals surface area contributed by atoms with Crippen molar-refractivity contribution in [2.75, 3.05) is 0 Å². The number of thioether (sulfide) groups is 1. The minimum atomic E-state index is -0.349. The Hall–Kier alpha value is -1.49. The second-order valence-corrected chi connectivity index (χ2v) is 6.26. The molecule has 5 heteroatoms. The summed E-state index contributed by atoms with van der Waals surface area (Å²) in [6.45, 7) is 4.24. The van der Waals surface area contributed by atoms with Gasteiger partial charge in [0.1, 0.15) is 0 Å². The number of nitrogens with zero attached hydrogens (tertiary/aromatic N) is 1. The van der Waals surface area contributed by atoms with Crippen LogP contribution in [-0.2, 0) is 12.8 Å². The molecule has 4 nitrogen and oxygen atoms in total. The molecule has 4 N–H and O–H groups in total. The fraction of sp³-hybridized carbons (Fsp3) is 0.429. The molecule has 0 bridgehead atoms. The van der Waals surface area contributed by atoms with Crippen LogP contribution >= 0.6 is 11.8 Å². The third kappa shape index (κ3) is 3.10. The lowest BCUT2D eigenvalue weighted by Gasteiger charge is -2.22.